The second-order valence-corrected chi connectivity index (χ2v) is 16.3. The third-order valence-corrected chi connectivity index (χ3v) is 12.7. The summed E-state index contributed by atoms with van der Waals surface area (Å²) in [5.41, 5.74) is 12.7. The third kappa shape index (κ3) is 4.97. The average Bonchev–Trinajstić information content (AvgIpc) is 3.39. The summed E-state index contributed by atoms with van der Waals surface area (Å²) in [7, 11) is 0. The molecule has 0 spiro atoms. The predicted octanol–water partition coefficient (Wildman–Crippen LogP) is 11.2. The Morgan fingerprint density at radius 1 is 0.529 bits per heavy atom. The van der Waals surface area contributed by atoms with Crippen molar-refractivity contribution in [1.29, 1.82) is 5.26 Å². The van der Waals surface area contributed by atoms with Gasteiger partial charge in [0.1, 0.15) is 0 Å². The van der Waals surface area contributed by atoms with E-state index in [9.17, 15) is 5.26 Å². The number of rotatable bonds is 5. The van der Waals surface area contributed by atoms with Gasteiger partial charge in [-0.25, -0.2) is 15.0 Å². The first-order valence-electron chi connectivity index (χ1n) is 18.6. The van der Waals surface area contributed by atoms with Crippen LogP contribution in [0.1, 0.15) is 74.6 Å². The van der Waals surface area contributed by atoms with E-state index < -0.39 is 0 Å². The Hall–Kier alpha value is -5.40. The van der Waals surface area contributed by atoms with Crippen molar-refractivity contribution in [3.8, 4) is 62.5 Å². The molecule has 0 saturated heterocycles. The van der Waals surface area contributed by atoms with Crippen molar-refractivity contribution >= 4 is 0 Å². The summed E-state index contributed by atoms with van der Waals surface area (Å²) >= 11 is 0. The van der Waals surface area contributed by atoms with E-state index in [2.05, 4.69) is 105 Å². The minimum Gasteiger partial charge on any atom is -0.208 e. The maximum absolute atomic E-state index is 9.53. The van der Waals surface area contributed by atoms with Gasteiger partial charge in [0.05, 0.1) is 11.6 Å². The molecular formula is C47H40N4. The fourth-order valence-corrected chi connectivity index (χ4v) is 10.6. The molecule has 0 N–H and O–H groups in total. The van der Waals surface area contributed by atoms with Gasteiger partial charge in [-0.15, -0.1) is 0 Å². The molecule has 4 saturated carbocycles. The molecule has 0 aliphatic heterocycles. The molecule has 1 heterocycles. The Labute approximate surface area is 300 Å². The topological polar surface area (TPSA) is 62.5 Å². The van der Waals surface area contributed by atoms with Crippen molar-refractivity contribution in [1.82, 2.24) is 15.0 Å². The van der Waals surface area contributed by atoms with E-state index in [0.717, 1.165) is 45.6 Å². The normalized spacial score (nSPS) is 23.4. The summed E-state index contributed by atoms with van der Waals surface area (Å²) in [6.07, 6.45) is 8.46. The van der Waals surface area contributed by atoms with Crippen LogP contribution in [0, 0.1) is 29.1 Å². The second kappa shape index (κ2) is 11.3. The van der Waals surface area contributed by atoms with E-state index in [1.165, 1.54) is 66.3 Å². The lowest BCUT2D eigenvalue weighted by Crippen LogP contribution is -2.48. The van der Waals surface area contributed by atoms with Crippen LogP contribution in [0.2, 0.25) is 0 Å². The summed E-state index contributed by atoms with van der Waals surface area (Å²) in [5, 5.41) is 9.53. The van der Waals surface area contributed by atoms with Gasteiger partial charge >= 0.3 is 0 Å². The number of benzene rings is 5. The molecule has 0 unspecified atom stereocenters. The number of hydrogen-bond donors (Lipinski definition) is 0. The zero-order chi connectivity index (χ0) is 34.3. The molecule has 0 atom stereocenters. The lowest BCUT2D eigenvalue weighted by molar-refractivity contribution is -0.00518. The minimum absolute atomic E-state index is 0.151. The monoisotopic (exact) mass is 660 g/mol. The first kappa shape index (κ1) is 30.4. The van der Waals surface area contributed by atoms with Crippen LogP contribution in [0.25, 0.3) is 56.4 Å². The number of nitrogens with zero attached hydrogens (tertiary/aromatic N) is 4. The van der Waals surface area contributed by atoms with Crippen LogP contribution in [0.15, 0.2) is 115 Å². The predicted molar refractivity (Wildman–Crippen MR) is 204 cm³/mol. The first-order valence-corrected chi connectivity index (χ1v) is 18.6. The fraction of sp³-hybridized carbons (Fsp3) is 0.277. The molecule has 1 aromatic heterocycles. The van der Waals surface area contributed by atoms with Crippen LogP contribution >= 0.6 is 0 Å². The van der Waals surface area contributed by atoms with Crippen molar-refractivity contribution in [3.05, 3.63) is 138 Å². The lowest BCUT2D eigenvalue weighted by atomic mass is 9.48. The van der Waals surface area contributed by atoms with Gasteiger partial charge in [0.2, 0.25) is 0 Å². The molecule has 51 heavy (non-hydrogen) atoms. The van der Waals surface area contributed by atoms with Crippen molar-refractivity contribution < 1.29 is 0 Å². The standard InChI is InChI=1S/C47H40N4/c1-46(2)41-19-15-37(24-40(41)39-18-8-29(28-48)23-42(39)46)33-9-11-35(12-10-33)44-49-43(34-6-4-3-5-7-34)50-45(51-44)36-13-16-38(17-14-36)47-25-30-20-31(26-47)22-32(21-30)27-47/h3-19,23-24,30-32H,20-22,25-27H2,1-2H3. The highest BCUT2D eigenvalue weighted by Crippen LogP contribution is 2.60. The number of aromatic nitrogens is 3. The Kier molecular flexibility index (Phi) is 6.74. The Bertz CT molecular complexity index is 2330. The van der Waals surface area contributed by atoms with E-state index in [4.69, 9.17) is 15.0 Å². The number of hydrogen-bond acceptors (Lipinski definition) is 4. The van der Waals surface area contributed by atoms with Crippen molar-refractivity contribution in [2.45, 2.75) is 63.2 Å². The van der Waals surface area contributed by atoms with Gasteiger partial charge in [-0.3, -0.25) is 0 Å². The van der Waals surface area contributed by atoms with Crippen LogP contribution in [0.4, 0.5) is 0 Å². The van der Waals surface area contributed by atoms with Gasteiger partial charge in [-0.05, 0) is 119 Å². The smallest absolute Gasteiger partial charge is 0.164 e. The van der Waals surface area contributed by atoms with Gasteiger partial charge in [0.25, 0.3) is 0 Å². The molecule has 11 rings (SSSR count). The lowest BCUT2D eigenvalue weighted by Gasteiger charge is -2.57. The molecule has 248 valence electrons. The van der Waals surface area contributed by atoms with E-state index in [1.54, 1.807) is 0 Å². The Balaban J connectivity index is 0.990. The summed E-state index contributed by atoms with van der Waals surface area (Å²) in [4.78, 5) is 15.1. The van der Waals surface area contributed by atoms with Crippen molar-refractivity contribution in [2.24, 2.45) is 17.8 Å². The maximum atomic E-state index is 9.53. The Morgan fingerprint density at radius 2 is 1.06 bits per heavy atom. The molecule has 6 aromatic rings. The molecule has 5 aromatic carbocycles. The van der Waals surface area contributed by atoms with Gasteiger partial charge < -0.3 is 0 Å². The maximum Gasteiger partial charge on any atom is 0.164 e. The van der Waals surface area contributed by atoms with Gasteiger partial charge in [-0.1, -0.05) is 111 Å². The van der Waals surface area contributed by atoms with Crippen molar-refractivity contribution in [2.75, 3.05) is 0 Å². The minimum atomic E-state index is -0.151. The molecular weight excluding hydrogens is 621 g/mol. The zero-order valence-electron chi connectivity index (χ0n) is 29.2. The largest absolute Gasteiger partial charge is 0.208 e. The van der Waals surface area contributed by atoms with Gasteiger partial charge in [0.15, 0.2) is 17.5 Å². The highest BCUT2D eigenvalue weighted by molar-refractivity contribution is 5.85. The van der Waals surface area contributed by atoms with E-state index >= 15 is 0 Å². The fourth-order valence-electron chi connectivity index (χ4n) is 10.6. The highest BCUT2D eigenvalue weighted by atomic mass is 15.0. The highest BCUT2D eigenvalue weighted by Gasteiger charge is 2.51. The number of fused-ring (bicyclic) bond motifs is 3. The SMILES string of the molecule is CC1(C)c2ccc(-c3ccc(-c4nc(-c5ccccc5)nc(-c5ccc(C67CC8CC(CC(C8)C6)C7)cc5)n4)cc3)cc2-c2ccc(C#N)cc21. The molecule has 0 radical (unpaired) electrons. The van der Waals surface area contributed by atoms with E-state index in [-0.39, 0.29) is 5.41 Å². The molecule has 4 bridgehead atoms. The van der Waals surface area contributed by atoms with Crippen LogP contribution in [-0.2, 0) is 10.8 Å². The van der Waals surface area contributed by atoms with Gasteiger partial charge in [-0.2, -0.15) is 5.26 Å². The molecule has 5 aliphatic rings. The molecule has 4 heteroatoms. The molecule has 0 amide bonds. The quantitative estimate of drug-likeness (QED) is 0.185. The molecule has 5 aliphatic carbocycles. The Morgan fingerprint density at radius 3 is 1.65 bits per heavy atom. The van der Waals surface area contributed by atoms with Crippen LogP contribution in [0.3, 0.4) is 0 Å². The van der Waals surface area contributed by atoms with E-state index in [0.29, 0.717) is 28.5 Å². The summed E-state index contributed by atoms with van der Waals surface area (Å²) in [5.74, 6) is 4.84. The van der Waals surface area contributed by atoms with Crippen molar-refractivity contribution in [3.63, 3.8) is 0 Å². The molecule has 4 nitrogen and oxygen atoms in total. The van der Waals surface area contributed by atoms with Gasteiger partial charge in [0, 0.05) is 22.1 Å². The second-order valence-electron chi connectivity index (χ2n) is 16.3. The summed E-state index contributed by atoms with van der Waals surface area (Å²) in [6, 6.07) is 43.2. The summed E-state index contributed by atoms with van der Waals surface area (Å²) in [6.45, 7) is 4.50. The average molecular weight is 661 g/mol. The number of nitriles is 1. The summed E-state index contributed by atoms with van der Waals surface area (Å²) < 4.78 is 0. The van der Waals surface area contributed by atoms with Crippen LogP contribution < -0.4 is 0 Å². The van der Waals surface area contributed by atoms with E-state index in [1.807, 2.05) is 30.3 Å². The zero-order valence-corrected chi connectivity index (χ0v) is 29.2. The van der Waals surface area contributed by atoms with Crippen LogP contribution in [-0.4, -0.2) is 15.0 Å². The van der Waals surface area contributed by atoms with Crippen LogP contribution in [0.5, 0.6) is 0 Å². The molecule has 4 fully saturated rings. The first-order chi connectivity index (χ1) is 24.8. The third-order valence-electron chi connectivity index (χ3n) is 12.7.